The Morgan fingerprint density at radius 2 is 1.96 bits per heavy atom. The molecule has 2 heterocycles. The molecule has 0 unspecified atom stereocenters. The molecule has 1 aromatic heterocycles. The van der Waals surface area contributed by atoms with Crippen LogP contribution in [0.2, 0.25) is 5.02 Å². The second kappa shape index (κ2) is 5.55. The van der Waals surface area contributed by atoms with Crippen molar-refractivity contribution in [3.63, 3.8) is 0 Å². The minimum absolute atomic E-state index is 0.117. The molecule has 0 bridgehead atoms. The van der Waals surface area contributed by atoms with Gasteiger partial charge in [-0.25, -0.2) is 0 Å². The number of nitrogens with zero attached hydrogens (tertiary/aromatic N) is 2. The quantitative estimate of drug-likeness (QED) is 0.727. The molecule has 1 aliphatic rings. The first-order chi connectivity index (χ1) is 11.7. The zero-order valence-corrected chi connectivity index (χ0v) is 13.3. The monoisotopic (exact) mass is 333 g/mol. The maximum absolute atomic E-state index is 9.58. The summed E-state index contributed by atoms with van der Waals surface area (Å²) in [4.78, 5) is 4.16. The van der Waals surface area contributed by atoms with Crippen molar-refractivity contribution in [2.75, 3.05) is 0 Å². The molecule has 1 aliphatic heterocycles. The van der Waals surface area contributed by atoms with Crippen molar-refractivity contribution in [2.24, 2.45) is 5.73 Å². The second-order valence-corrected chi connectivity index (χ2v) is 5.94. The first-order valence-corrected chi connectivity index (χ1v) is 7.77. The van der Waals surface area contributed by atoms with Crippen LogP contribution in [0.5, 0.6) is 5.75 Å². The number of hydrogen-bond donors (Lipinski definition) is 1. The molecule has 4 nitrogen and oxygen atoms in total. The maximum atomic E-state index is 9.58. The number of nitrogens with two attached hydrogens (primary N) is 1. The molecule has 116 valence electrons. The Balaban J connectivity index is 2.07. The third-order valence-corrected chi connectivity index (χ3v) is 4.50. The van der Waals surface area contributed by atoms with Crippen LogP contribution in [0.1, 0.15) is 17.0 Å². The number of ether oxygens (including phenoxy) is 1. The van der Waals surface area contributed by atoms with Crippen molar-refractivity contribution in [2.45, 2.75) is 5.92 Å². The molecule has 3 aromatic rings. The number of nitriles is 1. The Kier molecular flexibility index (Phi) is 3.37. The average Bonchev–Trinajstić information content (AvgIpc) is 2.62. The van der Waals surface area contributed by atoms with E-state index in [0.29, 0.717) is 16.3 Å². The first kappa shape index (κ1) is 14.6. The fraction of sp³-hybridized carbons (Fsp3) is 0.0526. The molecule has 2 aromatic carbocycles. The molecule has 0 amide bonds. The van der Waals surface area contributed by atoms with Crippen LogP contribution in [0, 0.1) is 11.3 Å². The summed E-state index contributed by atoms with van der Waals surface area (Å²) in [5, 5.41) is 11.9. The van der Waals surface area contributed by atoms with Crippen LogP contribution in [-0.2, 0) is 0 Å². The van der Waals surface area contributed by atoms with Crippen LogP contribution in [0.15, 0.2) is 66.3 Å². The molecular weight excluding hydrogens is 322 g/mol. The lowest BCUT2D eigenvalue weighted by molar-refractivity contribution is 0.398. The Morgan fingerprint density at radius 3 is 2.67 bits per heavy atom. The highest BCUT2D eigenvalue weighted by Gasteiger charge is 2.32. The third-order valence-electron chi connectivity index (χ3n) is 4.19. The van der Waals surface area contributed by atoms with E-state index < -0.39 is 0 Å². The van der Waals surface area contributed by atoms with Gasteiger partial charge in [-0.2, -0.15) is 5.26 Å². The number of allylic oxidation sites excluding steroid dienone is 1. The minimum Gasteiger partial charge on any atom is -0.440 e. The number of aromatic nitrogens is 1. The van der Waals surface area contributed by atoms with Gasteiger partial charge in [0.25, 0.3) is 0 Å². The molecule has 24 heavy (non-hydrogen) atoms. The fourth-order valence-electron chi connectivity index (χ4n) is 3.13. The Hall–Kier alpha value is -3.03. The Labute approximate surface area is 143 Å². The summed E-state index contributed by atoms with van der Waals surface area (Å²) < 4.78 is 5.81. The van der Waals surface area contributed by atoms with Gasteiger partial charge in [0.1, 0.15) is 17.4 Å². The van der Waals surface area contributed by atoms with Gasteiger partial charge in [0.05, 0.1) is 5.92 Å². The summed E-state index contributed by atoms with van der Waals surface area (Å²) >= 11 is 6.47. The van der Waals surface area contributed by atoms with Crippen LogP contribution in [-0.4, -0.2) is 4.98 Å². The zero-order chi connectivity index (χ0) is 16.7. The van der Waals surface area contributed by atoms with Crippen molar-refractivity contribution >= 4 is 22.4 Å². The molecule has 1 atom stereocenters. The standard InChI is InChI=1S/C19H12ClN3O/c20-16-8-14-17(11-4-3-7-23-10-11)15(9-21)19(22)24-18(14)13-6-2-1-5-12(13)16/h1-8,10,17H,22H2/t17-/m0/s1. The lowest BCUT2D eigenvalue weighted by Gasteiger charge is -2.27. The van der Waals surface area contributed by atoms with E-state index in [1.54, 1.807) is 12.4 Å². The second-order valence-electron chi connectivity index (χ2n) is 5.53. The van der Waals surface area contributed by atoms with Crippen molar-refractivity contribution < 1.29 is 4.74 Å². The maximum Gasteiger partial charge on any atom is 0.205 e. The van der Waals surface area contributed by atoms with E-state index in [4.69, 9.17) is 22.1 Å². The van der Waals surface area contributed by atoms with Crippen LogP contribution >= 0.6 is 11.6 Å². The predicted octanol–water partition coefficient (Wildman–Crippen LogP) is 4.11. The summed E-state index contributed by atoms with van der Waals surface area (Å²) in [5.41, 5.74) is 8.09. The lowest BCUT2D eigenvalue weighted by Crippen LogP contribution is -2.21. The zero-order valence-electron chi connectivity index (χ0n) is 12.5. The van der Waals surface area contributed by atoms with Gasteiger partial charge in [-0.15, -0.1) is 0 Å². The van der Waals surface area contributed by atoms with E-state index in [9.17, 15) is 5.26 Å². The van der Waals surface area contributed by atoms with E-state index >= 15 is 0 Å². The smallest absolute Gasteiger partial charge is 0.205 e. The number of pyridine rings is 1. The summed E-state index contributed by atoms with van der Waals surface area (Å²) in [6.07, 6.45) is 3.42. The molecule has 0 aliphatic carbocycles. The van der Waals surface area contributed by atoms with Crippen LogP contribution in [0.25, 0.3) is 10.8 Å². The Morgan fingerprint density at radius 1 is 1.17 bits per heavy atom. The summed E-state index contributed by atoms with van der Waals surface area (Å²) in [5.74, 6) is 0.404. The largest absolute Gasteiger partial charge is 0.440 e. The van der Waals surface area contributed by atoms with Gasteiger partial charge in [0.2, 0.25) is 5.88 Å². The molecule has 0 radical (unpaired) electrons. The molecule has 2 N–H and O–H groups in total. The van der Waals surface area contributed by atoms with E-state index in [-0.39, 0.29) is 11.8 Å². The van der Waals surface area contributed by atoms with Crippen molar-refractivity contribution in [1.29, 1.82) is 5.26 Å². The average molecular weight is 334 g/mol. The molecule has 0 fully saturated rings. The predicted molar refractivity (Wildman–Crippen MR) is 92.5 cm³/mol. The molecule has 0 spiro atoms. The highest BCUT2D eigenvalue weighted by molar-refractivity contribution is 6.36. The van der Waals surface area contributed by atoms with Crippen LogP contribution in [0.4, 0.5) is 0 Å². The van der Waals surface area contributed by atoms with E-state index in [0.717, 1.165) is 21.9 Å². The van der Waals surface area contributed by atoms with E-state index in [2.05, 4.69) is 11.1 Å². The summed E-state index contributed by atoms with van der Waals surface area (Å²) in [6, 6.07) is 15.5. The number of hydrogen-bond acceptors (Lipinski definition) is 4. The highest BCUT2D eigenvalue weighted by Crippen LogP contribution is 2.47. The van der Waals surface area contributed by atoms with Crippen molar-refractivity contribution in [3.8, 4) is 11.8 Å². The van der Waals surface area contributed by atoms with Gasteiger partial charge in [-0.3, -0.25) is 4.98 Å². The highest BCUT2D eigenvalue weighted by atomic mass is 35.5. The Bertz CT molecular complexity index is 1020. The van der Waals surface area contributed by atoms with E-state index in [1.807, 2.05) is 42.5 Å². The molecule has 0 saturated heterocycles. The van der Waals surface area contributed by atoms with Crippen LogP contribution < -0.4 is 10.5 Å². The van der Waals surface area contributed by atoms with Gasteiger partial charge >= 0.3 is 0 Å². The topological polar surface area (TPSA) is 71.9 Å². The van der Waals surface area contributed by atoms with Gasteiger partial charge in [-0.05, 0) is 17.7 Å². The molecule has 5 heteroatoms. The number of fused-ring (bicyclic) bond motifs is 3. The van der Waals surface area contributed by atoms with Gasteiger partial charge in [0, 0.05) is 33.8 Å². The van der Waals surface area contributed by atoms with Crippen LogP contribution in [0.3, 0.4) is 0 Å². The van der Waals surface area contributed by atoms with Crippen molar-refractivity contribution in [3.05, 3.63) is 82.5 Å². The summed E-state index contributed by atoms with van der Waals surface area (Å²) in [6.45, 7) is 0. The first-order valence-electron chi connectivity index (χ1n) is 7.39. The number of benzene rings is 2. The fourth-order valence-corrected chi connectivity index (χ4v) is 3.41. The molecular formula is C19H12ClN3O. The van der Waals surface area contributed by atoms with Crippen molar-refractivity contribution in [1.82, 2.24) is 4.98 Å². The normalized spacial score (nSPS) is 16.4. The SMILES string of the molecule is N#CC1=C(N)Oc2c(cc(Cl)c3ccccc23)[C@@H]1c1cccnc1. The molecule has 0 saturated carbocycles. The third kappa shape index (κ3) is 2.10. The number of halogens is 1. The van der Waals surface area contributed by atoms with Gasteiger partial charge in [0.15, 0.2) is 0 Å². The number of rotatable bonds is 1. The van der Waals surface area contributed by atoms with Gasteiger partial charge in [-0.1, -0.05) is 41.9 Å². The van der Waals surface area contributed by atoms with E-state index in [1.165, 1.54) is 0 Å². The summed E-state index contributed by atoms with van der Waals surface area (Å²) in [7, 11) is 0. The lowest BCUT2D eigenvalue weighted by atomic mass is 9.83. The molecule has 4 rings (SSSR count). The minimum atomic E-state index is -0.352. The van der Waals surface area contributed by atoms with Gasteiger partial charge < -0.3 is 10.5 Å².